The zero-order valence-electron chi connectivity index (χ0n) is 11.8. The molecule has 0 aliphatic heterocycles. The molecule has 2 heterocycles. The van der Waals surface area contributed by atoms with E-state index in [1.165, 1.54) is 6.07 Å². The largest absolute Gasteiger partial charge is 0.478 e. The molecule has 0 aliphatic carbocycles. The number of carboxylic acids is 1. The SMILES string of the molecule is CC(C)(c1ccccc1)c1nnc2ccc(C(=O)O)cn12. The first kappa shape index (κ1) is 13.3. The lowest BCUT2D eigenvalue weighted by molar-refractivity contribution is 0.0696. The summed E-state index contributed by atoms with van der Waals surface area (Å²) < 4.78 is 1.75. The molecule has 0 fully saturated rings. The Bertz CT molecular complexity index is 807. The van der Waals surface area contributed by atoms with Gasteiger partial charge in [-0.3, -0.25) is 4.40 Å². The maximum atomic E-state index is 11.1. The van der Waals surface area contributed by atoms with Crippen LogP contribution >= 0.6 is 0 Å². The number of hydrogen-bond acceptors (Lipinski definition) is 3. The van der Waals surface area contributed by atoms with Crippen LogP contribution < -0.4 is 0 Å². The average molecular weight is 281 g/mol. The van der Waals surface area contributed by atoms with Gasteiger partial charge in [0.05, 0.1) is 11.0 Å². The molecule has 3 aromatic rings. The highest BCUT2D eigenvalue weighted by Crippen LogP contribution is 2.30. The van der Waals surface area contributed by atoms with Crippen molar-refractivity contribution in [2.24, 2.45) is 0 Å². The first-order valence-corrected chi connectivity index (χ1v) is 6.64. The molecular weight excluding hydrogens is 266 g/mol. The monoisotopic (exact) mass is 281 g/mol. The Labute approximate surface area is 121 Å². The molecule has 3 rings (SSSR count). The number of benzene rings is 1. The van der Waals surface area contributed by atoms with Crippen LogP contribution in [0.15, 0.2) is 48.7 Å². The van der Waals surface area contributed by atoms with Crippen LogP contribution in [0.1, 0.15) is 35.6 Å². The maximum Gasteiger partial charge on any atom is 0.337 e. The van der Waals surface area contributed by atoms with Gasteiger partial charge in [-0.05, 0) is 31.5 Å². The third-order valence-corrected chi connectivity index (χ3v) is 3.70. The third kappa shape index (κ3) is 2.16. The van der Waals surface area contributed by atoms with Crippen LogP contribution in [0.4, 0.5) is 0 Å². The van der Waals surface area contributed by atoms with Crippen LogP contribution in [0, 0.1) is 0 Å². The van der Waals surface area contributed by atoms with Gasteiger partial charge in [-0.15, -0.1) is 10.2 Å². The van der Waals surface area contributed by atoms with Crippen LogP contribution in [0.2, 0.25) is 0 Å². The van der Waals surface area contributed by atoms with Gasteiger partial charge in [-0.1, -0.05) is 30.3 Å². The molecule has 0 saturated carbocycles. The summed E-state index contributed by atoms with van der Waals surface area (Å²) in [4.78, 5) is 11.1. The summed E-state index contributed by atoms with van der Waals surface area (Å²) >= 11 is 0. The third-order valence-electron chi connectivity index (χ3n) is 3.70. The van der Waals surface area contributed by atoms with E-state index < -0.39 is 5.97 Å². The Morgan fingerprint density at radius 1 is 1.10 bits per heavy atom. The van der Waals surface area contributed by atoms with E-state index in [1.807, 2.05) is 44.2 Å². The molecule has 106 valence electrons. The van der Waals surface area contributed by atoms with Gasteiger partial charge in [0.15, 0.2) is 5.65 Å². The van der Waals surface area contributed by atoms with Crippen LogP contribution in [0.5, 0.6) is 0 Å². The van der Waals surface area contributed by atoms with Gasteiger partial charge < -0.3 is 5.11 Å². The van der Waals surface area contributed by atoms with Crippen molar-refractivity contribution < 1.29 is 9.90 Å². The summed E-state index contributed by atoms with van der Waals surface area (Å²) in [5.41, 5.74) is 1.57. The fourth-order valence-electron chi connectivity index (χ4n) is 2.43. The molecule has 5 nitrogen and oxygen atoms in total. The first-order valence-electron chi connectivity index (χ1n) is 6.64. The molecule has 0 radical (unpaired) electrons. The number of pyridine rings is 1. The molecule has 0 saturated heterocycles. The molecule has 0 bridgehead atoms. The highest BCUT2D eigenvalue weighted by Gasteiger charge is 2.28. The Balaban J connectivity index is 2.20. The highest BCUT2D eigenvalue weighted by atomic mass is 16.4. The first-order chi connectivity index (χ1) is 10.00. The van der Waals surface area contributed by atoms with Crippen molar-refractivity contribution in [3.8, 4) is 0 Å². The minimum Gasteiger partial charge on any atom is -0.478 e. The molecule has 5 heteroatoms. The molecule has 21 heavy (non-hydrogen) atoms. The molecular formula is C16H15N3O2. The van der Waals surface area contributed by atoms with E-state index in [4.69, 9.17) is 5.11 Å². The van der Waals surface area contributed by atoms with E-state index in [0.29, 0.717) is 11.5 Å². The van der Waals surface area contributed by atoms with Gasteiger partial charge in [0, 0.05) is 6.20 Å². The van der Waals surface area contributed by atoms with Gasteiger partial charge in [0.25, 0.3) is 0 Å². The smallest absolute Gasteiger partial charge is 0.337 e. The number of carbonyl (C=O) groups is 1. The highest BCUT2D eigenvalue weighted by molar-refractivity contribution is 5.87. The fourth-order valence-corrected chi connectivity index (χ4v) is 2.43. The Hall–Kier alpha value is -2.69. The van der Waals surface area contributed by atoms with Crippen molar-refractivity contribution in [3.63, 3.8) is 0 Å². The van der Waals surface area contributed by atoms with Crippen LogP contribution in [0.25, 0.3) is 5.65 Å². The second-order valence-corrected chi connectivity index (χ2v) is 5.47. The average Bonchev–Trinajstić information content (AvgIpc) is 2.91. The molecule has 0 amide bonds. The molecule has 0 spiro atoms. The fraction of sp³-hybridized carbons (Fsp3) is 0.188. The van der Waals surface area contributed by atoms with Crippen molar-refractivity contribution >= 4 is 11.6 Å². The van der Waals surface area contributed by atoms with E-state index in [2.05, 4.69) is 10.2 Å². The van der Waals surface area contributed by atoms with Crippen LogP contribution in [-0.2, 0) is 5.41 Å². The number of rotatable bonds is 3. The standard InChI is InChI=1S/C16H15N3O2/c1-16(2,12-6-4-3-5-7-12)15-18-17-13-9-8-11(14(20)21)10-19(13)15/h3-10H,1-2H3,(H,20,21). The summed E-state index contributed by atoms with van der Waals surface area (Å²) in [6.45, 7) is 4.10. The lowest BCUT2D eigenvalue weighted by Crippen LogP contribution is -2.22. The van der Waals surface area contributed by atoms with E-state index in [0.717, 1.165) is 5.56 Å². The number of hydrogen-bond donors (Lipinski definition) is 1. The van der Waals surface area contributed by atoms with Crippen LogP contribution in [-0.4, -0.2) is 25.7 Å². The van der Waals surface area contributed by atoms with Crippen molar-refractivity contribution in [1.82, 2.24) is 14.6 Å². The van der Waals surface area contributed by atoms with E-state index in [9.17, 15) is 4.79 Å². The molecule has 1 N–H and O–H groups in total. The Morgan fingerprint density at radius 2 is 1.81 bits per heavy atom. The molecule has 0 aliphatic rings. The Morgan fingerprint density at radius 3 is 2.48 bits per heavy atom. The normalized spacial score (nSPS) is 11.7. The van der Waals surface area contributed by atoms with Crippen molar-refractivity contribution in [1.29, 1.82) is 0 Å². The Kier molecular flexibility index (Phi) is 2.97. The van der Waals surface area contributed by atoms with Crippen molar-refractivity contribution in [2.45, 2.75) is 19.3 Å². The zero-order valence-corrected chi connectivity index (χ0v) is 11.8. The van der Waals surface area contributed by atoms with Gasteiger partial charge in [0.2, 0.25) is 0 Å². The number of fused-ring (bicyclic) bond motifs is 1. The van der Waals surface area contributed by atoms with E-state index >= 15 is 0 Å². The van der Waals surface area contributed by atoms with Gasteiger partial charge in [0.1, 0.15) is 5.82 Å². The summed E-state index contributed by atoms with van der Waals surface area (Å²) in [6, 6.07) is 13.2. The van der Waals surface area contributed by atoms with Crippen molar-refractivity contribution in [3.05, 3.63) is 65.6 Å². The second-order valence-electron chi connectivity index (χ2n) is 5.47. The van der Waals surface area contributed by atoms with Gasteiger partial charge in [-0.25, -0.2) is 4.79 Å². The molecule has 0 unspecified atom stereocenters. The second kappa shape index (κ2) is 4.70. The summed E-state index contributed by atoms with van der Waals surface area (Å²) in [5, 5.41) is 17.5. The summed E-state index contributed by atoms with van der Waals surface area (Å²) in [5.74, 6) is -0.249. The number of aromatic nitrogens is 3. The lowest BCUT2D eigenvalue weighted by Gasteiger charge is -2.23. The predicted molar refractivity (Wildman–Crippen MR) is 78.5 cm³/mol. The minimum atomic E-state index is -0.964. The number of nitrogens with zero attached hydrogens (tertiary/aromatic N) is 3. The number of carboxylic acid groups (broad SMARTS) is 1. The van der Waals surface area contributed by atoms with E-state index in [-0.39, 0.29) is 11.0 Å². The minimum absolute atomic E-state index is 0.215. The summed E-state index contributed by atoms with van der Waals surface area (Å²) in [7, 11) is 0. The quantitative estimate of drug-likeness (QED) is 0.801. The zero-order chi connectivity index (χ0) is 15.0. The molecule has 1 aromatic carbocycles. The molecule has 0 atom stereocenters. The number of aromatic carboxylic acids is 1. The molecule has 2 aromatic heterocycles. The van der Waals surface area contributed by atoms with Crippen LogP contribution in [0.3, 0.4) is 0 Å². The predicted octanol–water partition coefficient (Wildman–Crippen LogP) is 2.75. The summed E-state index contributed by atoms with van der Waals surface area (Å²) in [6.07, 6.45) is 1.57. The maximum absolute atomic E-state index is 11.1. The lowest BCUT2D eigenvalue weighted by atomic mass is 9.84. The van der Waals surface area contributed by atoms with Gasteiger partial charge >= 0.3 is 5.97 Å². The van der Waals surface area contributed by atoms with E-state index in [1.54, 1.807) is 16.7 Å². The van der Waals surface area contributed by atoms with Gasteiger partial charge in [-0.2, -0.15) is 0 Å². The topological polar surface area (TPSA) is 67.5 Å². The van der Waals surface area contributed by atoms with Crippen molar-refractivity contribution in [2.75, 3.05) is 0 Å².